The SMILES string of the molecule is CCc1ccccc1-n1c(C)cc([C@H]2[C@H](c3ccccn3)NC(=S)N2c2ccccc2F)c1C. The first-order chi connectivity index (χ1) is 16.5. The number of pyridine rings is 1. The highest BCUT2D eigenvalue weighted by atomic mass is 32.1. The summed E-state index contributed by atoms with van der Waals surface area (Å²) in [6.45, 7) is 6.42. The van der Waals surface area contributed by atoms with E-state index in [0.29, 0.717) is 10.8 Å². The summed E-state index contributed by atoms with van der Waals surface area (Å²) in [5.41, 5.74) is 7.11. The lowest BCUT2D eigenvalue weighted by molar-refractivity contribution is 0.556. The molecule has 0 aliphatic carbocycles. The van der Waals surface area contributed by atoms with Crippen molar-refractivity contribution in [2.45, 2.75) is 39.3 Å². The molecular formula is C28H27FN4S. The van der Waals surface area contributed by atoms with Crippen LogP contribution < -0.4 is 10.2 Å². The molecule has 4 aromatic rings. The summed E-state index contributed by atoms with van der Waals surface area (Å²) in [5, 5.41) is 3.92. The van der Waals surface area contributed by atoms with Gasteiger partial charge in [0.25, 0.3) is 0 Å². The number of rotatable bonds is 5. The second-order valence-corrected chi connectivity index (χ2v) is 8.98. The molecule has 1 aliphatic heterocycles. The molecule has 5 rings (SSSR count). The van der Waals surface area contributed by atoms with E-state index in [1.54, 1.807) is 18.3 Å². The molecule has 34 heavy (non-hydrogen) atoms. The molecule has 0 amide bonds. The summed E-state index contributed by atoms with van der Waals surface area (Å²) in [5.74, 6) is -0.302. The van der Waals surface area contributed by atoms with Crippen LogP contribution in [0.4, 0.5) is 10.1 Å². The van der Waals surface area contributed by atoms with E-state index >= 15 is 4.39 Å². The van der Waals surface area contributed by atoms with Crippen molar-refractivity contribution in [2.75, 3.05) is 4.90 Å². The zero-order valence-corrected chi connectivity index (χ0v) is 20.3. The second-order valence-electron chi connectivity index (χ2n) is 8.59. The van der Waals surface area contributed by atoms with Gasteiger partial charge < -0.3 is 14.8 Å². The zero-order chi connectivity index (χ0) is 23.8. The molecule has 1 fully saturated rings. The molecule has 1 N–H and O–H groups in total. The van der Waals surface area contributed by atoms with Gasteiger partial charge in [0.1, 0.15) is 5.82 Å². The molecule has 0 radical (unpaired) electrons. The largest absolute Gasteiger partial charge is 0.351 e. The second kappa shape index (κ2) is 9.03. The van der Waals surface area contributed by atoms with Crippen LogP contribution >= 0.6 is 12.2 Å². The van der Waals surface area contributed by atoms with E-state index in [9.17, 15) is 0 Å². The number of aryl methyl sites for hydroxylation is 2. The molecule has 172 valence electrons. The van der Waals surface area contributed by atoms with E-state index in [-0.39, 0.29) is 17.9 Å². The zero-order valence-electron chi connectivity index (χ0n) is 19.5. The van der Waals surface area contributed by atoms with Crippen LogP contribution in [-0.2, 0) is 6.42 Å². The number of hydrogen-bond donors (Lipinski definition) is 1. The van der Waals surface area contributed by atoms with Crippen molar-refractivity contribution in [3.05, 3.63) is 113 Å². The number of aromatic nitrogens is 2. The molecule has 2 aromatic carbocycles. The van der Waals surface area contributed by atoms with Crippen molar-refractivity contribution in [1.29, 1.82) is 0 Å². The van der Waals surface area contributed by atoms with Gasteiger partial charge in [-0.3, -0.25) is 4.98 Å². The topological polar surface area (TPSA) is 33.1 Å². The molecule has 0 unspecified atom stereocenters. The molecule has 0 spiro atoms. The predicted octanol–water partition coefficient (Wildman–Crippen LogP) is 6.37. The number of nitrogens with one attached hydrogen (secondary N) is 1. The minimum atomic E-state index is -0.302. The third-order valence-electron chi connectivity index (χ3n) is 6.61. The third kappa shape index (κ3) is 3.68. The summed E-state index contributed by atoms with van der Waals surface area (Å²) in [6, 6.07) is 22.9. The normalized spacial score (nSPS) is 17.8. The molecular weight excluding hydrogens is 443 g/mol. The lowest BCUT2D eigenvalue weighted by atomic mass is 9.96. The Balaban J connectivity index is 1.71. The third-order valence-corrected chi connectivity index (χ3v) is 6.93. The maximum atomic E-state index is 15.0. The van der Waals surface area contributed by atoms with E-state index in [0.717, 1.165) is 29.1 Å². The predicted molar refractivity (Wildman–Crippen MR) is 139 cm³/mol. The minimum Gasteiger partial charge on any atom is -0.351 e. The number of anilines is 1. The highest BCUT2D eigenvalue weighted by Gasteiger charge is 2.43. The van der Waals surface area contributed by atoms with E-state index in [2.05, 4.69) is 66.0 Å². The van der Waals surface area contributed by atoms with Crippen molar-refractivity contribution in [3.8, 4) is 5.69 Å². The lowest BCUT2D eigenvalue weighted by Gasteiger charge is -2.28. The monoisotopic (exact) mass is 470 g/mol. The Morgan fingerprint density at radius 3 is 2.38 bits per heavy atom. The minimum absolute atomic E-state index is 0.219. The number of thiocarbonyl (C=S) groups is 1. The van der Waals surface area contributed by atoms with Crippen LogP contribution in [0.5, 0.6) is 0 Å². The van der Waals surface area contributed by atoms with Gasteiger partial charge in [0, 0.05) is 23.3 Å². The first kappa shape index (κ1) is 22.3. The fraction of sp³-hybridized carbons (Fsp3) is 0.214. The van der Waals surface area contributed by atoms with Crippen LogP contribution in [0.25, 0.3) is 5.69 Å². The average molecular weight is 471 g/mol. The van der Waals surface area contributed by atoms with E-state index in [1.807, 2.05) is 29.2 Å². The average Bonchev–Trinajstić information content (AvgIpc) is 3.35. The molecule has 3 heterocycles. The molecule has 2 aromatic heterocycles. The van der Waals surface area contributed by atoms with Crippen LogP contribution in [0.1, 0.15) is 47.2 Å². The van der Waals surface area contributed by atoms with E-state index in [1.165, 1.54) is 17.3 Å². The summed E-state index contributed by atoms with van der Waals surface area (Å²) < 4.78 is 17.3. The molecule has 1 saturated heterocycles. The van der Waals surface area contributed by atoms with Gasteiger partial charge in [-0.25, -0.2) is 4.39 Å². The Labute approximate surface area is 205 Å². The number of benzene rings is 2. The van der Waals surface area contributed by atoms with Crippen LogP contribution in [-0.4, -0.2) is 14.7 Å². The first-order valence-electron chi connectivity index (χ1n) is 11.5. The Kier molecular flexibility index (Phi) is 5.92. The molecule has 0 saturated carbocycles. The fourth-order valence-electron chi connectivity index (χ4n) is 5.06. The van der Waals surface area contributed by atoms with Gasteiger partial charge in [0.15, 0.2) is 5.11 Å². The summed E-state index contributed by atoms with van der Waals surface area (Å²) >= 11 is 5.77. The van der Waals surface area contributed by atoms with Gasteiger partial charge in [-0.2, -0.15) is 0 Å². The van der Waals surface area contributed by atoms with Crippen LogP contribution in [0.3, 0.4) is 0 Å². The van der Waals surface area contributed by atoms with Gasteiger partial charge in [-0.15, -0.1) is 0 Å². The van der Waals surface area contributed by atoms with Crippen molar-refractivity contribution in [2.24, 2.45) is 0 Å². The number of halogens is 1. The number of hydrogen-bond acceptors (Lipinski definition) is 2. The van der Waals surface area contributed by atoms with Crippen LogP contribution in [0, 0.1) is 19.7 Å². The highest BCUT2D eigenvalue weighted by Crippen LogP contribution is 2.44. The highest BCUT2D eigenvalue weighted by molar-refractivity contribution is 7.80. The fourth-order valence-corrected chi connectivity index (χ4v) is 5.40. The van der Waals surface area contributed by atoms with Crippen molar-refractivity contribution >= 4 is 23.0 Å². The van der Waals surface area contributed by atoms with Crippen molar-refractivity contribution < 1.29 is 4.39 Å². The standard InChI is InChI=1S/C28H27FN4S/c1-4-20-11-5-7-14-24(20)32-18(2)17-21(19(32)3)27-26(23-13-9-10-16-30-23)31-28(34)33(27)25-15-8-6-12-22(25)29/h5-17,26-27H,4H2,1-3H3,(H,31,34)/t26-,27-/m0/s1. The maximum Gasteiger partial charge on any atom is 0.174 e. The van der Waals surface area contributed by atoms with Gasteiger partial charge >= 0.3 is 0 Å². The van der Waals surface area contributed by atoms with Gasteiger partial charge in [0.05, 0.1) is 23.5 Å². The Hall–Kier alpha value is -3.51. The quantitative estimate of drug-likeness (QED) is 0.344. The molecule has 6 heteroatoms. The van der Waals surface area contributed by atoms with Crippen LogP contribution in [0.15, 0.2) is 79.0 Å². The van der Waals surface area contributed by atoms with E-state index < -0.39 is 0 Å². The van der Waals surface area contributed by atoms with Gasteiger partial charge in [-0.05, 0) is 80.0 Å². The molecule has 0 bridgehead atoms. The Morgan fingerprint density at radius 1 is 0.971 bits per heavy atom. The number of nitrogens with zero attached hydrogens (tertiary/aromatic N) is 3. The molecule has 1 aliphatic rings. The van der Waals surface area contributed by atoms with Crippen molar-refractivity contribution in [1.82, 2.24) is 14.9 Å². The molecule has 4 nitrogen and oxygen atoms in total. The lowest BCUT2D eigenvalue weighted by Crippen LogP contribution is -2.30. The summed E-state index contributed by atoms with van der Waals surface area (Å²) in [6.07, 6.45) is 2.72. The smallest absolute Gasteiger partial charge is 0.174 e. The Morgan fingerprint density at radius 2 is 1.68 bits per heavy atom. The maximum absolute atomic E-state index is 15.0. The van der Waals surface area contributed by atoms with Gasteiger partial charge in [0.2, 0.25) is 0 Å². The number of para-hydroxylation sites is 2. The molecule has 2 atom stereocenters. The first-order valence-corrected chi connectivity index (χ1v) is 11.9. The van der Waals surface area contributed by atoms with E-state index in [4.69, 9.17) is 12.2 Å². The summed E-state index contributed by atoms with van der Waals surface area (Å²) in [4.78, 5) is 6.52. The van der Waals surface area contributed by atoms with Crippen LogP contribution in [0.2, 0.25) is 0 Å². The van der Waals surface area contributed by atoms with Crippen molar-refractivity contribution in [3.63, 3.8) is 0 Å². The summed E-state index contributed by atoms with van der Waals surface area (Å²) in [7, 11) is 0. The Bertz CT molecular complexity index is 1350. The van der Waals surface area contributed by atoms with Gasteiger partial charge in [-0.1, -0.05) is 43.3 Å².